The highest BCUT2D eigenvalue weighted by atomic mass is 32.2. The monoisotopic (exact) mass is 391 g/mol. The molecule has 1 fully saturated rings. The number of hydrogen-bond acceptors (Lipinski definition) is 4. The van der Waals surface area contributed by atoms with E-state index >= 15 is 0 Å². The lowest BCUT2D eigenvalue weighted by atomic mass is 10.1. The van der Waals surface area contributed by atoms with Crippen LogP contribution in [0, 0.1) is 5.82 Å². The van der Waals surface area contributed by atoms with Gasteiger partial charge in [0.05, 0.1) is 18.1 Å². The van der Waals surface area contributed by atoms with Gasteiger partial charge >= 0.3 is 0 Å². The van der Waals surface area contributed by atoms with Crippen molar-refractivity contribution in [1.29, 1.82) is 0 Å². The standard InChI is InChI=1S/C20H22FNO4S/c1-2-26-19-5-3-4-16(12-19)20(23)22(18-10-11-27(24,25)14-18)13-15-6-8-17(21)9-7-15/h3-9,12,18H,2,10-11,13-14H2,1H3/t18-/m1/s1. The van der Waals surface area contributed by atoms with Gasteiger partial charge in [-0.3, -0.25) is 4.79 Å². The number of nitrogens with zero attached hydrogens (tertiary/aromatic N) is 1. The molecule has 0 aromatic heterocycles. The molecular formula is C20H22FNO4S. The molecule has 0 N–H and O–H groups in total. The van der Waals surface area contributed by atoms with Gasteiger partial charge in [-0.1, -0.05) is 18.2 Å². The Hall–Kier alpha value is -2.41. The molecule has 1 aliphatic heterocycles. The Labute approximate surface area is 158 Å². The molecule has 0 aliphatic carbocycles. The van der Waals surface area contributed by atoms with Crippen LogP contribution in [0.25, 0.3) is 0 Å². The summed E-state index contributed by atoms with van der Waals surface area (Å²) < 4.78 is 42.5. The van der Waals surface area contributed by atoms with Crippen LogP contribution in [0.3, 0.4) is 0 Å². The largest absolute Gasteiger partial charge is 0.494 e. The number of benzene rings is 2. The highest BCUT2D eigenvalue weighted by Gasteiger charge is 2.35. The lowest BCUT2D eigenvalue weighted by Crippen LogP contribution is -2.40. The highest BCUT2D eigenvalue weighted by Crippen LogP contribution is 2.24. The number of carbonyl (C=O) groups excluding carboxylic acids is 1. The molecule has 3 rings (SSSR count). The minimum absolute atomic E-state index is 0.0505. The number of carbonyl (C=O) groups is 1. The summed E-state index contributed by atoms with van der Waals surface area (Å²) in [4.78, 5) is 14.7. The van der Waals surface area contributed by atoms with Crippen LogP contribution in [-0.2, 0) is 16.4 Å². The fraction of sp³-hybridized carbons (Fsp3) is 0.350. The third kappa shape index (κ3) is 4.86. The van der Waals surface area contributed by atoms with Crippen molar-refractivity contribution in [3.05, 3.63) is 65.5 Å². The SMILES string of the molecule is CCOc1cccc(C(=O)N(Cc2ccc(F)cc2)[C@@H]2CCS(=O)(=O)C2)c1. The van der Waals surface area contributed by atoms with Gasteiger partial charge in [-0.2, -0.15) is 0 Å². The molecule has 27 heavy (non-hydrogen) atoms. The van der Waals surface area contributed by atoms with Gasteiger partial charge in [-0.05, 0) is 49.2 Å². The average Bonchev–Trinajstić information content (AvgIpc) is 3.01. The van der Waals surface area contributed by atoms with Crippen molar-refractivity contribution in [2.75, 3.05) is 18.1 Å². The molecule has 7 heteroatoms. The maximum absolute atomic E-state index is 13.2. The smallest absolute Gasteiger partial charge is 0.254 e. The third-order valence-corrected chi connectivity index (χ3v) is 6.32. The Morgan fingerprint density at radius 3 is 2.59 bits per heavy atom. The molecule has 0 spiro atoms. The zero-order valence-electron chi connectivity index (χ0n) is 15.1. The van der Waals surface area contributed by atoms with E-state index in [1.54, 1.807) is 41.3 Å². The van der Waals surface area contributed by atoms with Gasteiger partial charge in [0, 0.05) is 18.2 Å². The lowest BCUT2D eigenvalue weighted by molar-refractivity contribution is 0.0680. The maximum Gasteiger partial charge on any atom is 0.254 e. The molecule has 5 nitrogen and oxygen atoms in total. The van der Waals surface area contributed by atoms with E-state index in [1.165, 1.54) is 12.1 Å². The predicted octanol–water partition coefficient (Wildman–Crippen LogP) is 3.05. The molecule has 1 saturated heterocycles. The molecule has 1 atom stereocenters. The molecule has 0 bridgehead atoms. The van der Waals surface area contributed by atoms with Crippen LogP contribution in [0.1, 0.15) is 29.3 Å². The molecule has 0 unspecified atom stereocenters. The van der Waals surface area contributed by atoms with Crippen molar-refractivity contribution >= 4 is 15.7 Å². The van der Waals surface area contributed by atoms with E-state index in [4.69, 9.17) is 4.74 Å². The zero-order valence-corrected chi connectivity index (χ0v) is 15.9. The van der Waals surface area contributed by atoms with E-state index in [0.29, 0.717) is 24.3 Å². The minimum atomic E-state index is -3.15. The van der Waals surface area contributed by atoms with Crippen LogP contribution in [0.15, 0.2) is 48.5 Å². The summed E-state index contributed by atoms with van der Waals surface area (Å²) in [5.41, 5.74) is 1.18. The van der Waals surface area contributed by atoms with Crippen molar-refractivity contribution in [2.45, 2.75) is 25.9 Å². The van der Waals surface area contributed by atoms with Crippen LogP contribution in [0.4, 0.5) is 4.39 Å². The van der Waals surface area contributed by atoms with Gasteiger partial charge < -0.3 is 9.64 Å². The van der Waals surface area contributed by atoms with E-state index in [-0.39, 0.29) is 29.8 Å². The highest BCUT2D eigenvalue weighted by molar-refractivity contribution is 7.91. The van der Waals surface area contributed by atoms with Crippen molar-refractivity contribution in [3.63, 3.8) is 0 Å². The molecular weight excluding hydrogens is 369 g/mol. The number of hydrogen-bond donors (Lipinski definition) is 0. The second-order valence-electron chi connectivity index (χ2n) is 6.58. The number of amides is 1. The summed E-state index contributed by atoms with van der Waals surface area (Å²) >= 11 is 0. The number of halogens is 1. The van der Waals surface area contributed by atoms with Crippen molar-refractivity contribution < 1.29 is 22.3 Å². The van der Waals surface area contributed by atoms with Crippen LogP contribution < -0.4 is 4.74 Å². The summed E-state index contributed by atoms with van der Waals surface area (Å²) in [6.45, 7) is 2.56. The number of ether oxygens (including phenoxy) is 1. The molecule has 0 radical (unpaired) electrons. The Balaban J connectivity index is 1.89. The van der Waals surface area contributed by atoms with Gasteiger partial charge in [0.15, 0.2) is 9.84 Å². The summed E-state index contributed by atoms with van der Waals surface area (Å²) in [6.07, 6.45) is 0.403. The average molecular weight is 391 g/mol. The quantitative estimate of drug-likeness (QED) is 0.759. The molecule has 1 aliphatic rings. The second-order valence-corrected chi connectivity index (χ2v) is 8.81. The Morgan fingerprint density at radius 2 is 1.96 bits per heavy atom. The molecule has 1 amide bonds. The minimum Gasteiger partial charge on any atom is -0.494 e. The fourth-order valence-electron chi connectivity index (χ4n) is 3.23. The van der Waals surface area contributed by atoms with Gasteiger partial charge in [-0.25, -0.2) is 12.8 Å². The van der Waals surface area contributed by atoms with Gasteiger partial charge in [0.2, 0.25) is 0 Å². The first-order chi connectivity index (χ1) is 12.9. The summed E-state index contributed by atoms with van der Waals surface area (Å²) in [6, 6.07) is 12.3. The summed E-state index contributed by atoms with van der Waals surface area (Å²) in [5.74, 6) is -0.00818. The Bertz CT molecular complexity index is 912. The Kier molecular flexibility index (Phi) is 5.79. The van der Waals surface area contributed by atoms with E-state index in [9.17, 15) is 17.6 Å². The molecule has 0 saturated carbocycles. The topological polar surface area (TPSA) is 63.7 Å². The van der Waals surface area contributed by atoms with Crippen molar-refractivity contribution in [3.8, 4) is 5.75 Å². The van der Waals surface area contributed by atoms with Crippen molar-refractivity contribution in [2.24, 2.45) is 0 Å². The van der Waals surface area contributed by atoms with E-state index < -0.39 is 15.9 Å². The summed E-state index contributed by atoms with van der Waals surface area (Å²) in [7, 11) is -3.15. The fourth-order valence-corrected chi connectivity index (χ4v) is 4.96. The number of sulfone groups is 1. The molecule has 144 valence electrons. The molecule has 2 aromatic carbocycles. The van der Waals surface area contributed by atoms with E-state index in [1.807, 2.05) is 6.92 Å². The van der Waals surface area contributed by atoms with Crippen molar-refractivity contribution in [1.82, 2.24) is 4.90 Å². The van der Waals surface area contributed by atoms with Gasteiger partial charge in [-0.15, -0.1) is 0 Å². The normalized spacial score (nSPS) is 18.2. The first-order valence-corrected chi connectivity index (χ1v) is 10.7. The van der Waals surface area contributed by atoms with Gasteiger partial charge in [0.25, 0.3) is 5.91 Å². The Morgan fingerprint density at radius 1 is 1.22 bits per heavy atom. The van der Waals surface area contributed by atoms with Crippen LogP contribution in [0.5, 0.6) is 5.75 Å². The first kappa shape index (κ1) is 19.4. The molecule has 1 heterocycles. The van der Waals surface area contributed by atoms with Crippen LogP contribution in [-0.4, -0.2) is 43.4 Å². The number of rotatable bonds is 6. The van der Waals surface area contributed by atoms with Gasteiger partial charge in [0.1, 0.15) is 11.6 Å². The van der Waals surface area contributed by atoms with E-state index in [0.717, 1.165) is 5.56 Å². The van der Waals surface area contributed by atoms with Crippen LogP contribution in [0.2, 0.25) is 0 Å². The zero-order chi connectivity index (χ0) is 19.4. The maximum atomic E-state index is 13.2. The lowest BCUT2D eigenvalue weighted by Gasteiger charge is -2.28. The second kappa shape index (κ2) is 8.08. The van der Waals surface area contributed by atoms with Crippen LogP contribution >= 0.6 is 0 Å². The predicted molar refractivity (Wildman–Crippen MR) is 101 cm³/mol. The summed E-state index contributed by atoms with van der Waals surface area (Å²) in [5, 5.41) is 0. The van der Waals surface area contributed by atoms with E-state index in [2.05, 4.69) is 0 Å². The molecule has 2 aromatic rings. The first-order valence-electron chi connectivity index (χ1n) is 8.86. The third-order valence-electron chi connectivity index (χ3n) is 4.57.